The van der Waals surface area contributed by atoms with Crippen molar-refractivity contribution in [1.82, 2.24) is 0 Å². The van der Waals surface area contributed by atoms with Crippen molar-refractivity contribution >= 4 is 18.3 Å². The third-order valence-corrected chi connectivity index (χ3v) is 4.14. The van der Waals surface area contributed by atoms with Crippen molar-refractivity contribution < 1.29 is 23.0 Å². The predicted molar refractivity (Wildman–Crippen MR) is 88.2 cm³/mol. The molecule has 0 radical (unpaired) electrons. The van der Waals surface area contributed by atoms with Gasteiger partial charge in [-0.05, 0) is 64.4 Å². The summed E-state index contributed by atoms with van der Waals surface area (Å²) in [5.41, 5.74) is -0.744. The fraction of sp³-hybridized carbons (Fsp3) is 0.647. The molecule has 0 amide bonds. The lowest BCUT2D eigenvalue weighted by molar-refractivity contribution is 0.00578. The van der Waals surface area contributed by atoms with Gasteiger partial charge in [-0.2, -0.15) is 0 Å². The Morgan fingerprint density at radius 3 is 2.00 bits per heavy atom. The Labute approximate surface area is 142 Å². The zero-order chi connectivity index (χ0) is 24.1. The maximum Gasteiger partial charge on any atom is 0.494 e. The molecule has 1 aromatic carbocycles. The van der Waals surface area contributed by atoms with E-state index >= 15 is 0 Å². The normalized spacial score (nSPS) is 43.4. The zero-order valence-corrected chi connectivity index (χ0v) is 12.7. The van der Waals surface area contributed by atoms with E-state index in [0.717, 1.165) is 0 Å². The van der Waals surface area contributed by atoms with Crippen LogP contribution in [-0.2, 0) is 9.31 Å². The highest BCUT2D eigenvalue weighted by Crippen LogP contribution is 2.36. The minimum Gasteiger partial charge on any atom is -0.399 e. The Morgan fingerprint density at radius 2 is 1.48 bits per heavy atom. The Balaban J connectivity index is 2.04. The summed E-state index contributed by atoms with van der Waals surface area (Å²) in [4.78, 5) is 0.343. The molecule has 2 fully saturated rings. The molecule has 2 saturated heterocycles. The molecule has 0 aliphatic carbocycles. The van der Waals surface area contributed by atoms with Crippen LogP contribution in [0.3, 0.4) is 0 Å². The van der Waals surface area contributed by atoms with E-state index < -0.39 is 50.4 Å². The molecule has 0 saturated carbocycles. The van der Waals surface area contributed by atoms with Crippen LogP contribution in [0, 0.1) is 0 Å². The lowest BCUT2D eigenvalue weighted by atomic mass is 9.79. The van der Waals surface area contributed by atoms with E-state index in [2.05, 4.69) is 0 Å². The van der Waals surface area contributed by atoms with Crippen LogP contribution in [0.25, 0.3) is 0 Å². The van der Waals surface area contributed by atoms with Crippen LogP contribution in [0.5, 0.6) is 0 Å². The second-order valence-corrected chi connectivity index (χ2v) is 6.11. The van der Waals surface area contributed by atoms with E-state index in [1.165, 1.54) is 24.3 Å². The Hall–Kier alpha value is -0.995. The average molecular weight is 297 g/mol. The summed E-state index contributed by atoms with van der Waals surface area (Å²) in [7, 11) is -0.721. The zero-order valence-electron chi connectivity index (χ0n) is 22.7. The lowest BCUT2D eigenvalue weighted by Gasteiger charge is -2.32. The van der Waals surface area contributed by atoms with Crippen LogP contribution in [-0.4, -0.2) is 31.3 Å². The monoisotopic (exact) mass is 297 g/mol. The molecule has 0 unspecified atom stereocenters. The fourth-order valence-electron chi connectivity index (χ4n) is 2.12. The first-order valence-electron chi connectivity index (χ1n) is 11.9. The number of anilines is 1. The van der Waals surface area contributed by atoms with Crippen molar-refractivity contribution in [3.63, 3.8) is 0 Å². The predicted octanol–water partition coefficient (Wildman–Crippen LogP) is 2.98. The minimum absolute atomic E-state index is 0.140. The van der Waals surface area contributed by atoms with Gasteiger partial charge in [0.2, 0.25) is 0 Å². The van der Waals surface area contributed by atoms with Crippen molar-refractivity contribution in [2.24, 2.45) is 0 Å². The van der Waals surface area contributed by atoms with E-state index in [9.17, 15) is 0 Å². The van der Waals surface area contributed by atoms with Crippen molar-refractivity contribution in [2.75, 3.05) is 17.9 Å². The number of hydrogen-bond acceptors (Lipinski definition) is 3. The molecule has 2 aliphatic rings. The van der Waals surface area contributed by atoms with Crippen LogP contribution in [0.1, 0.15) is 60.5 Å². The van der Waals surface area contributed by atoms with Gasteiger partial charge in [0.25, 0.3) is 0 Å². The number of nitrogens with zero attached hydrogens (tertiary/aromatic N) is 1. The van der Waals surface area contributed by atoms with Crippen molar-refractivity contribution in [3.05, 3.63) is 24.3 Å². The largest absolute Gasteiger partial charge is 0.494 e. The van der Waals surface area contributed by atoms with Crippen molar-refractivity contribution in [3.8, 4) is 0 Å². The van der Waals surface area contributed by atoms with Crippen LogP contribution in [0.15, 0.2) is 24.3 Å². The van der Waals surface area contributed by atoms with Gasteiger partial charge in [0.05, 0.1) is 11.2 Å². The summed E-state index contributed by atoms with van der Waals surface area (Å²) in [6.07, 6.45) is -10.2. The highest BCUT2D eigenvalue weighted by atomic mass is 16.7. The molecule has 3 nitrogen and oxygen atoms in total. The van der Waals surface area contributed by atoms with E-state index in [0.29, 0.717) is 10.4 Å². The lowest BCUT2D eigenvalue weighted by Crippen LogP contribution is -2.41. The van der Waals surface area contributed by atoms with Crippen LogP contribution in [0.2, 0.25) is 0 Å². The van der Waals surface area contributed by atoms with E-state index in [4.69, 9.17) is 23.0 Å². The maximum absolute atomic E-state index is 8.26. The Morgan fingerprint density at radius 1 is 0.952 bits per heavy atom. The van der Waals surface area contributed by atoms with Crippen LogP contribution in [0.4, 0.5) is 5.69 Å². The highest BCUT2D eigenvalue weighted by molar-refractivity contribution is 6.62. The van der Waals surface area contributed by atoms with E-state index in [-0.39, 0.29) is 5.69 Å². The van der Waals surface area contributed by atoms with Gasteiger partial charge in [0, 0.05) is 32.4 Å². The summed E-state index contributed by atoms with van der Waals surface area (Å²) >= 11 is 0. The molecule has 114 valence electrons. The molecular weight excluding hydrogens is 261 g/mol. The first-order chi connectivity index (χ1) is 13.7. The van der Waals surface area contributed by atoms with E-state index in [1.54, 1.807) is 0 Å². The number of rotatable bonds is 2. The summed E-state index contributed by atoms with van der Waals surface area (Å²) in [5.74, 6) is 0. The smallest absolute Gasteiger partial charge is 0.399 e. The van der Waals surface area contributed by atoms with Crippen LogP contribution >= 0.6 is 0 Å². The molecule has 0 atom stereocenters. The molecule has 1 aromatic rings. The summed E-state index contributed by atoms with van der Waals surface area (Å²) in [6.45, 7) is 1.15. The Bertz CT molecular complexity index is 826. The summed E-state index contributed by atoms with van der Waals surface area (Å²) in [6, 6.07) is 5.67. The molecular formula is C17H26BNO2. The van der Waals surface area contributed by atoms with Gasteiger partial charge < -0.3 is 14.2 Å². The molecule has 2 heterocycles. The SMILES string of the molecule is [2H]C1([2H])N(c2ccc(B3OC(C)(C)C(C)(C)O3)cc2)C([2H])([2H])C([2H])([2H])C([2H])([2H])C1([2H])[2H]. The molecule has 3 rings (SSSR count). The average Bonchev–Trinajstić information content (AvgIpc) is 2.81. The van der Waals surface area contributed by atoms with Crippen LogP contribution < -0.4 is 10.4 Å². The van der Waals surface area contributed by atoms with E-state index in [1.807, 2.05) is 27.7 Å². The van der Waals surface area contributed by atoms with Gasteiger partial charge in [0.15, 0.2) is 0 Å². The minimum atomic E-state index is -3.44. The second-order valence-electron chi connectivity index (χ2n) is 6.11. The van der Waals surface area contributed by atoms with Crippen molar-refractivity contribution in [1.29, 1.82) is 0 Å². The topological polar surface area (TPSA) is 21.7 Å². The summed E-state index contributed by atoms with van der Waals surface area (Å²) < 4.78 is 92.9. The quantitative estimate of drug-likeness (QED) is 0.783. The van der Waals surface area contributed by atoms with Gasteiger partial charge in [-0.25, -0.2) is 0 Å². The van der Waals surface area contributed by atoms with Gasteiger partial charge in [-0.1, -0.05) is 12.1 Å². The molecule has 0 N–H and O–H groups in total. The molecule has 21 heavy (non-hydrogen) atoms. The Kier molecular flexibility index (Phi) is 1.79. The first kappa shape index (κ1) is 7.05. The maximum atomic E-state index is 8.26. The van der Waals surface area contributed by atoms with Gasteiger partial charge in [-0.3, -0.25) is 0 Å². The van der Waals surface area contributed by atoms with Gasteiger partial charge in [0.1, 0.15) is 0 Å². The third-order valence-electron chi connectivity index (χ3n) is 4.14. The van der Waals surface area contributed by atoms with Crippen molar-refractivity contribution in [2.45, 2.75) is 58.0 Å². The number of hydrogen-bond donors (Lipinski definition) is 0. The molecule has 0 aromatic heterocycles. The first-order valence-corrected chi connectivity index (χ1v) is 6.91. The second kappa shape index (κ2) is 5.33. The molecule has 0 spiro atoms. The summed E-state index contributed by atoms with van der Waals surface area (Å²) in [5, 5.41) is 0. The number of piperidine rings is 1. The standard InChI is InChI=1S/C17H26BNO2/c1-16(2)17(3,4)21-18(20-16)14-8-10-15(11-9-14)19-12-6-5-7-13-19/h8-11H,5-7,12-13H2,1-4H3/i5D2,6D2,7D2,12D2,13D2. The van der Waals surface area contributed by atoms with Gasteiger partial charge in [-0.15, -0.1) is 0 Å². The molecule has 2 aliphatic heterocycles. The highest BCUT2D eigenvalue weighted by Gasteiger charge is 2.51. The molecule has 0 bridgehead atoms. The number of benzene rings is 1. The van der Waals surface area contributed by atoms with Gasteiger partial charge >= 0.3 is 7.12 Å². The third kappa shape index (κ3) is 2.84. The fourth-order valence-corrected chi connectivity index (χ4v) is 2.12. The molecule has 4 heteroatoms.